The van der Waals surface area contributed by atoms with Crippen LogP contribution in [0.2, 0.25) is 0 Å². The summed E-state index contributed by atoms with van der Waals surface area (Å²) in [6.07, 6.45) is -2.53. The number of nitriles is 1. The number of carboxylic acid groups (broad SMARTS) is 1. The summed E-state index contributed by atoms with van der Waals surface area (Å²) in [4.78, 5) is 14.0. The van der Waals surface area contributed by atoms with Gasteiger partial charge in [0.2, 0.25) is 0 Å². The van der Waals surface area contributed by atoms with E-state index in [9.17, 15) is 9.90 Å². The third-order valence-electron chi connectivity index (χ3n) is 1.95. The molecule has 0 saturated heterocycles. The van der Waals surface area contributed by atoms with Crippen molar-refractivity contribution in [1.29, 1.82) is 5.26 Å². The molecule has 84 valence electrons. The van der Waals surface area contributed by atoms with E-state index in [2.05, 4.69) is 4.98 Å². The largest absolute Gasteiger partial charge is 0.479 e. The molecule has 0 bridgehead atoms. The number of anilines is 1. The Morgan fingerprint density at radius 1 is 1.56 bits per heavy atom. The molecule has 0 fully saturated rings. The maximum absolute atomic E-state index is 10.4. The number of hydrogen-bond acceptors (Lipinski definition) is 6. The van der Waals surface area contributed by atoms with Gasteiger partial charge in [-0.05, 0) is 6.07 Å². The molecule has 2 atom stereocenters. The van der Waals surface area contributed by atoms with Gasteiger partial charge in [-0.1, -0.05) is 0 Å². The Morgan fingerprint density at radius 3 is 2.69 bits per heavy atom. The average molecular weight is 223 g/mol. The molecule has 7 heteroatoms. The number of hydrogen-bond donors (Lipinski definition) is 4. The van der Waals surface area contributed by atoms with Gasteiger partial charge in [-0.25, -0.2) is 9.78 Å². The Balaban J connectivity index is 3.06. The van der Waals surface area contributed by atoms with Crippen LogP contribution < -0.4 is 5.73 Å². The molecule has 0 radical (unpaired) electrons. The number of aliphatic hydroxyl groups is 2. The molecule has 1 aromatic rings. The van der Waals surface area contributed by atoms with Crippen molar-refractivity contribution < 1.29 is 20.1 Å². The van der Waals surface area contributed by atoms with Crippen LogP contribution in [0.25, 0.3) is 0 Å². The molecule has 2 unspecified atom stereocenters. The van der Waals surface area contributed by atoms with Crippen LogP contribution in [0.15, 0.2) is 12.3 Å². The fourth-order valence-corrected chi connectivity index (χ4v) is 1.06. The maximum Gasteiger partial charge on any atom is 0.335 e. The lowest BCUT2D eigenvalue weighted by Gasteiger charge is -2.14. The van der Waals surface area contributed by atoms with Crippen molar-refractivity contribution in [3.8, 4) is 6.07 Å². The van der Waals surface area contributed by atoms with E-state index in [0.717, 1.165) is 6.20 Å². The molecule has 7 nitrogen and oxygen atoms in total. The van der Waals surface area contributed by atoms with Crippen LogP contribution in [0.4, 0.5) is 5.82 Å². The number of nitrogens with two attached hydrogens (primary N) is 1. The number of aliphatic carboxylic acids is 1. The smallest absolute Gasteiger partial charge is 0.335 e. The Morgan fingerprint density at radius 2 is 2.19 bits per heavy atom. The van der Waals surface area contributed by atoms with Gasteiger partial charge in [0.05, 0.1) is 5.56 Å². The molecule has 0 aliphatic rings. The maximum atomic E-state index is 10.4. The molecule has 5 N–H and O–H groups in total. The van der Waals surface area contributed by atoms with Crippen LogP contribution >= 0.6 is 0 Å². The van der Waals surface area contributed by atoms with E-state index in [1.54, 1.807) is 6.07 Å². The topological polar surface area (TPSA) is 140 Å². The van der Waals surface area contributed by atoms with Crippen molar-refractivity contribution in [2.45, 2.75) is 12.2 Å². The quantitative estimate of drug-likeness (QED) is 0.515. The number of aliphatic hydroxyl groups excluding tert-OH is 2. The summed E-state index contributed by atoms with van der Waals surface area (Å²) in [7, 11) is 0. The molecule has 0 amide bonds. The number of rotatable bonds is 3. The fourth-order valence-electron chi connectivity index (χ4n) is 1.06. The summed E-state index contributed by atoms with van der Waals surface area (Å²) in [5, 5.41) is 35.7. The van der Waals surface area contributed by atoms with Gasteiger partial charge >= 0.3 is 5.97 Å². The molecule has 0 aliphatic heterocycles. The molecule has 0 saturated carbocycles. The third-order valence-corrected chi connectivity index (χ3v) is 1.95. The summed E-state index contributed by atoms with van der Waals surface area (Å²) in [6, 6.07) is 2.91. The second-order valence-corrected chi connectivity index (χ2v) is 3.04. The summed E-state index contributed by atoms with van der Waals surface area (Å²) >= 11 is 0. The van der Waals surface area contributed by atoms with Gasteiger partial charge in [0.1, 0.15) is 18.0 Å². The number of nitrogen functional groups attached to an aromatic ring is 1. The van der Waals surface area contributed by atoms with Gasteiger partial charge in [-0.2, -0.15) is 5.26 Å². The van der Waals surface area contributed by atoms with Crippen LogP contribution in [-0.2, 0) is 4.79 Å². The Kier molecular flexibility index (Phi) is 3.40. The third kappa shape index (κ3) is 2.25. The van der Waals surface area contributed by atoms with Crippen molar-refractivity contribution in [2.75, 3.05) is 5.73 Å². The lowest BCUT2D eigenvalue weighted by atomic mass is 10.0. The summed E-state index contributed by atoms with van der Waals surface area (Å²) < 4.78 is 0. The first-order valence-corrected chi connectivity index (χ1v) is 4.21. The SMILES string of the molecule is N#Cc1cc(C(O)C(O)C(=O)O)cnc1N. The minimum atomic E-state index is -1.98. The van der Waals surface area contributed by atoms with E-state index in [1.807, 2.05) is 0 Å². The lowest BCUT2D eigenvalue weighted by Crippen LogP contribution is -2.27. The van der Waals surface area contributed by atoms with E-state index in [1.165, 1.54) is 6.07 Å². The number of aromatic nitrogens is 1. The van der Waals surface area contributed by atoms with E-state index >= 15 is 0 Å². The molecule has 1 aromatic heterocycles. The minimum Gasteiger partial charge on any atom is -0.479 e. The molecule has 16 heavy (non-hydrogen) atoms. The summed E-state index contributed by atoms with van der Waals surface area (Å²) in [5.41, 5.74) is 5.36. The highest BCUT2D eigenvalue weighted by Gasteiger charge is 2.25. The van der Waals surface area contributed by atoms with Gasteiger partial charge in [0.15, 0.2) is 6.10 Å². The number of nitrogens with zero attached hydrogens (tertiary/aromatic N) is 2. The number of carbonyl (C=O) groups is 1. The predicted molar refractivity (Wildman–Crippen MR) is 52.0 cm³/mol. The fraction of sp³-hybridized carbons (Fsp3) is 0.222. The second kappa shape index (κ2) is 4.57. The van der Waals surface area contributed by atoms with Gasteiger partial charge in [0.25, 0.3) is 0 Å². The average Bonchev–Trinajstić information content (AvgIpc) is 2.27. The van der Waals surface area contributed by atoms with Gasteiger partial charge in [-0.15, -0.1) is 0 Å². The predicted octanol–water partition coefficient (Wildman–Crippen LogP) is -0.986. The zero-order chi connectivity index (χ0) is 12.3. The van der Waals surface area contributed by atoms with Crippen molar-refractivity contribution in [3.05, 3.63) is 23.4 Å². The van der Waals surface area contributed by atoms with Crippen LogP contribution in [0, 0.1) is 11.3 Å². The monoisotopic (exact) mass is 223 g/mol. The molecule has 1 rings (SSSR count). The standard InChI is InChI=1S/C9H9N3O4/c10-2-4-1-5(3-12-8(4)11)6(13)7(14)9(15)16/h1,3,6-7,13-14H,(H2,11,12)(H,15,16). The van der Waals surface area contributed by atoms with Gasteiger partial charge in [0, 0.05) is 11.8 Å². The van der Waals surface area contributed by atoms with Gasteiger partial charge in [-0.3, -0.25) is 0 Å². The lowest BCUT2D eigenvalue weighted by molar-refractivity contribution is -0.153. The summed E-state index contributed by atoms with van der Waals surface area (Å²) in [6.45, 7) is 0. The number of carboxylic acids is 1. The molecular weight excluding hydrogens is 214 g/mol. The Hall–Kier alpha value is -2.17. The highest BCUT2D eigenvalue weighted by Crippen LogP contribution is 2.19. The summed E-state index contributed by atoms with van der Waals surface area (Å²) in [5.74, 6) is -1.59. The van der Waals surface area contributed by atoms with E-state index < -0.39 is 18.2 Å². The van der Waals surface area contributed by atoms with E-state index in [-0.39, 0.29) is 16.9 Å². The van der Waals surface area contributed by atoms with E-state index in [4.69, 9.17) is 21.2 Å². The molecule has 0 spiro atoms. The van der Waals surface area contributed by atoms with Gasteiger partial charge < -0.3 is 21.1 Å². The second-order valence-electron chi connectivity index (χ2n) is 3.04. The van der Waals surface area contributed by atoms with E-state index in [0.29, 0.717) is 0 Å². The normalized spacial score (nSPS) is 13.8. The van der Waals surface area contributed by atoms with Crippen LogP contribution in [0.3, 0.4) is 0 Å². The first-order chi connectivity index (χ1) is 7.47. The molecule has 1 heterocycles. The zero-order valence-electron chi connectivity index (χ0n) is 8.03. The molecular formula is C9H9N3O4. The first-order valence-electron chi connectivity index (χ1n) is 4.21. The van der Waals surface area contributed by atoms with Crippen LogP contribution in [0.5, 0.6) is 0 Å². The van der Waals surface area contributed by atoms with Crippen LogP contribution in [-0.4, -0.2) is 32.4 Å². The highest BCUT2D eigenvalue weighted by atomic mass is 16.4. The molecule has 0 aromatic carbocycles. The van der Waals surface area contributed by atoms with Crippen molar-refractivity contribution in [1.82, 2.24) is 4.98 Å². The Labute approximate surface area is 90.4 Å². The zero-order valence-corrected chi connectivity index (χ0v) is 8.03. The van der Waals surface area contributed by atoms with Crippen molar-refractivity contribution in [3.63, 3.8) is 0 Å². The van der Waals surface area contributed by atoms with Crippen molar-refractivity contribution >= 4 is 11.8 Å². The Bertz CT molecular complexity index is 455. The first kappa shape index (κ1) is 11.9. The highest BCUT2D eigenvalue weighted by molar-refractivity contribution is 5.73. The van der Waals surface area contributed by atoms with Crippen LogP contribution in [0.1, 0.15) is 17.2 Å². The number of pyridine rings is 1. The van der Waals surface area contributed by atoms with Crippen molar-refractivity contribution in [2.24, 2.45) is 0 Å². The minimum absolute atomic E-state index is 0.00846. The molecule has 0 aliphatic carbocycles.